The number of carbonyl (C=O) groups is 1. The zero-order valence-electron chi connectivity index (χ0n) is 10.5. The van der Waals surface area contributed by atoms with E-state index < -0.39 is 6.10 Å². The molecule has 1 aromatic heterocycles. The molecule has 0 aliphatic heterocycles. The maximum atomic E-state index is 11.9. The molecule has 1 atom stereocenters. The number of aliphatic hydroxyl groups is 1. The third kappa shape index (κ3) is 3.16. The number of benzene rings is 1. The summed E-state index contributed by atoms with van der Waals surface area (Å²) in [6.45, 7) is 0.119. The summed E-state index contributed by atoms with van der Waals surface area (Å²) >= 11 is 5.98. The molecule has 1 amide bonds. The lowest BCUT2D eigenvalue weighted by Crippen LogP contribution is -2.29. The number of amides is 1. The monoisotopic (exact) mass is 278 g/mol. The average Bonchev–Trinajstić information content (AvgIpc) is 2.82. The van der Waals surface area contributed by atoms with Gasteiger partial charge < -0.3 is 15.0 Å². The van der Waals surface area contributed by atoms with E-state index in [0.29, 0.717) is 16.3 Å². The Morgan fingerprint density at radius 1 is 1.37 bits per heavy atom. The summed E-state index contributed by atoms with van der Waals surface area (Å²) in [5, 5.41) is 13.2. The van der Waals surface area contributed by atoms with Crippen LogP contribution in [-0.4, -0.2) is 22.1 Å². The topological polar surface area (TPSA) is 54.3 Å². The van der Waals surface area contributed by atoms with Gasteiger partial charge in [0, 0.05) is 30.4 Å². The lowest BCUT2D eigenvalue weighted by molar-refractivity contribution is 0.0908. The summed E-state index contributed by atoms with van der Waals surface area (Å²) in [4.78, 5) is 11.9. The van der Waals surface area contributed by atoms with Crippen molar-refractivity contribution in [2.24, 2.45) is 7.05 Å². The first-order valence-corrected chi connectivity index (χ1v) is 6.29. The molecule has 0 saturated carbocycles. The number of aliphatic hydroxyl groups excluding tert-OH is 1. The molecule has 5 heteroatoms. The summed E-state index contributed by atoms with van der Waals surface area (Å²) in [5.74, 6) is -0.224. The molecule has 0 aliphatic rings. The Bertz CT molecular complexity index is 580. The number of carbonyl (C=O) groups excluding carboxylic acids is 1. The van der Waals surface area contributed by atoms with Gasteiger partial charge in [-0.05, 0) is 18.2 Å². The first-order chi connectivity index (χ1) is 9.09. The fourth-order valence-corrected chi connectivity index (χ4v) is 2.09. The van der Waals surface area contributed by atoms with E-state index in [1.54, 1.807) is 54.2 Å². The zero-order valence-corrected chi connectivity index (χ0v) is 11.3. The predicted molar refractivity (Wildman–Crippen MR) is 74.2 cm³/mol. The van der Waals surface area contributed by atoms with E-state index in [0.717, 1.165) is 0 Å². The molecule has 2 rings (SSSR count). The molecule has 0 fully saturated rings. The molecule has 100 valence electrons. The second kappa shape index (κ2) is 5.91. The quantitative estimate of drug-likeness (QED) is 0.900. The molecule has 19 heavy (non-hydrogen) atoms. The summed E-state index contributed by atoms with van der Waals surface area (Å²) in [7, 11) is 1.79. The van der Waals surface area contributed by atoms with Crippen molar-refractivity contribution >= 4 is 17.5 Å². The lowest BCUT2D eigenvalue weighted by atomic mass is 10.1. The van der Waals surface area contributed by atoms with Crippen LogP contribution < -0.4 is 5.32 Å². The highest BCUT2D eigenvalue weighted by Gasteiger charge is 2.14. The van der Waals surface area contributed by atoms with Crippen molar-refractivity contribution in [3.8, 4) is 0 Å². The van der Waals surface area contributed by atoms with Crippen LogP contribution in [0.5, 0.6) is 0 Å². The normalized spacial score (nSPS) is 12.2. The van der Waals surface area contributed by atoms with Crippen molar-refractivity contribution < 1.29 is 9.90 Å². The van der Waals surface area contributed by atoms with Gasteiger partial charge in [-0.1, -0.05) is 29.8 Å². The molecule has 1 heterocycles. The van der Waals surface area contributed by atoms with E-state index in [4.69, 9.17) is 11.6 Å². The Kier molecular flexibility index (Phi) is 4.24. The van der Waals surface area contributed by atoms with Crippen LogP contribution >= 0.6 is 11.6 Å². The summed E-state index contributed by atoms with van der Waals surface area (Å²) in [5.41, 5.74) is 1.16. The largest absolute Gasteiger partial charge is 0.387 e. The SMILES string of the molecule is Cn1cccc1C(=O)NCC(O)c1ccccc1Cl. The Hall–Kier alpha value is -1.78. The van der Waals surface area contributed by atoms with Crippen LogP contribution in [0.1, 0.15) is 22.2 Å². The van der Waals surface area contributed by atoms with E-state index in [1.807, 2.05) is 0 Å². The molecule has 0 spiro atoms. The van der Waals surface area contributed by atoms with E-state index in [9.17, 15) is 9.90 Å². The molecule has 4 nitrogen and oxygen atoms in total. The number of nitrogens with one attached hydrogen (secondary N) is 1. The van der Waals surface area contributed by atoms with Gasteiger partial charge in [0.1, 0.15) is 5.69 Å². The number of rotatable bonds is 4. The number of aromatic nitrogens is 1. The third-order valence-corrected chi connectivity index (χ3v) is 3.24. The smallest absolute Gasteiger partial charge is 0.267 e. The van der Waals surface area contributed by atoms with Gasteiger partial charge >= 0.3 is 0 Å². The van der Waals surface area contributed by atoms with Gasteiger partial charge in [0.25, 0.3) is 5.91 Å². The van der Waals surface area contributed by atoms with Gasteiger partial charge in [-0.3, -0.25) is 4.79 Å². The summed E-state index contributed by atoms with van der Waals surface area (Å²) < 4.78 is 1.72. The van der Waals surface area contributed by atoms with Crippen molar-refractivity contribution in [3.05, 3.63) is 58.9 Å². The number of hydrogen-bond donors (Lipinski definition) is 2. The van der Waals surface area contributed by atoms with E-state index >= 15 is 0 Å². The van der Waals surface area contributed by atoms with Crippen LogP contribution in [-0.2, 0) is 7.05 Å². The second-order valence-electron chi connectivity index (χ2n) is 4.25. The van der Waals surface area contributed by atoms with Gasteiger partial charge in [0.15, 0.2) is 0 Å². The average molecular weight is 279 g/mol. The molecular weight excluding hydrogens is 264 g/mol. The summed E-state index contributed by atoms with van der Waals surface area (Å²) in [6, 6.07) is 10.5. The number of aryl methyl sites for hydroxylation is 1. The lowest BCUT2D eigenvalue weighted by Gasteiger charge is -2.13. The van der Waals surface area contributed by atoms with Crippen molar-refractivity contribution in [1.29, 1.82) is 0 Å². The van der Waals surface area contributed by atoms with E-state index in [-0.39, 0.29) is 12.5 Å². The first-order valence-electron chi connectivity index (χ1n) is 5.91. The molecule has 1 aromatic carbocycles. The van der Waals surface area contributed by atoms with Crippen molar-refractivity contribution in [2.45, 2.75) is 6.10 Å². The Labute approximate surface area is 116 Å². The van der Waals surface area contributed by atoms with Crippen LogP contribution in [0.2, 0.25) is 5.02 Å². The van der Waals surface area contributed by atoms with Crippen molar-refractivity contribution in [3.63, 3.8) is 0 Å². The summed E-state index contributed by atoms with van der Waals surface area (Å²) in [6.07, 6.45) is 0.970. The Morgan fingerprint density at radius 3 is 2.74 bits per heavy atom. The number of hydrogen-bond acceptors (Lipinski definition) is 2. The number of nitrogens with zero attached hydrogens (tertiary/aromatic N) is 1. The number of halogens is 1. The second-order valence-corrected chi connectivity index (χ2v) is 4.66. The molecule has 0 bridgehead atoms. The van der Waals surface area contributed by atoms with Gasteiger partial charge in [0.2, 0.25) is 0 Å². The van der Waals surface area contributed by atoms with Crippen LogP contribution in [0.15, 0.2) is 42.6 Å². The molecular formula is C14H15ClN2O2. The molecule has 1 unspecified atom stereocenters. The fourth-order valence-electron chi connectivity index (χ4n) is 1.83. The van der Waals surface area contributed by atoms with Crippen LogP contribution in [0.3, 0.4) is 0 Å². The third-order valence-electron chi connectivity index (χ3n) is 2.90. The highest BCUT2D eigenvalue weighted by Crippen LogP contribution is 2.21. The van der Waals surface area contributed by atoms with Gasteiger partial charge in [-0.2, -0.15) is 0 Å². The Balaban J connectivity index is 1.98. The Morgan fingerprint density at radius 2 is 2.11 bits per heavy atom. The van der Waals surface area contributed by atoms with Crippen molar-refractivity contribution in [1.82, 2.24) is 9.88 Å². The highest BCUT2D eigenvalue weighted by atomic mass is 35.5. The minimum Gasteiger partial charge on any atom is -0.387 e. The van der Waals surface area contributed by atoms with Crippen LogP contribution in [0, 0.1) is 0 Å². The molecule has 2 aromatic rings. The van der Waals surface area contributed by atoms with Gasteiger partial charge in [-0.15, -0.1) is 0 Å². The van der Waals surface area contributed by atoms with Gasteiger partial charge in [-0.25, -0.2) is 0 Å². The van der Waals surface area contributed by atoms with E-state index in [2.05, 4.69) is 5.32 Å². The maximum Gasteiger partial charge on any atom is 0.267 e. The fraction of sp³-hybridized carbons (Fsp3) is 0.214. The van der Waals surface area contributed by atoms with Crippen LogP contribution in [0.25, 0.3) is 0 Å². The minimum absolute atomic E-state index is 0.119. The van der Waals surface area contributed by atoms with E-state index in [1.165, 1.54) is 0 Å². The zero-order chi connectivity index (χ0) is 13.8. The van der Waals surface area contributed by atoms with Crippen LogP contribution in [0.4, 0.5) is 0 Å². The maximum absolute atomic E-state index is 11.9. The first kappa shape index (κ1) is 13.6. The molecule has 0 aliphatic carbocycles. The highest BCUT2D eigenvalue weighted by molar-refractivity contribution is 6.31. The van der Waals surface area contributed by atoms with Gasteiger partial charge in [0.05, 0.1) is 6.10 Å². The van der Waals surface area contributed by atoms with Crippen molar-refractivity contribution in [2.75, 3.05) is 6.54 Å². The molecule has 0 radical (unpaired) electrons. The molecule has 2 N–H and O–H groups in total. The minimum atomic E-state index is -0.821. The predicted octanol–water partition coefficient (Wildman–Crippen LogP) is 2.14. The standard InChI is InChI=1S/C14H15ClN2O2/c1-17-8-4-7-12(17)14(19)16-9-13(18)10-5-2-3-6-11(10)15/h2-8,13,18H,9H2,1H3,(H,16,19). The molecule has 0 saturated heterocycles.